The number of nitrogens with zero attached hydrogens (tertiary/aromatic N) is 2. The number of carbonyl (C=O) groups is 4. The summed E-state index contributed by atoms with van der Waals surface area (Å²) < 4.78 is 33.0. The molecule has 44 heavy (non-hydrogen) atoms. The van der Waals surface area contributed by atoms with Gasteiger partial charge in [-0.15, -0.1) is 6.58 Å². The molecule has 1 aromatic rings. The summed E-state index contributed by atoms with van der Waals surface area (Å²) in [6, 6.07) is 4.53. The van der Waals surface area contributed by atoms with E-state index in [9.17, 15) is 27.6 Å². The van der Waals surface area contributed by atoms with E-state index in [0.717, 1.165) is 43.2 Å². The molecule has 0 bridgehead atoms. The molecule has 0 spiro atoms. The van der Waals surface area contributed by atoms with Gasteiger partial charge in [-0.2, -0.15) is 0 Å². The van der Waals surface area contributed by atoms with Gasteiger partial charge in [-0.1, -0.05) is 49.1 Å². The summed E-state index contributed by atoms with van der Waals surface area (Å²) in [5.41, 5.74) is 0.345. The summed E-state index contributed by atoms with van der Waals surface area (Å²) >= 11 is 6.32. The number of rotatable bonds is 9. The summed E-state index contributed by atoms with van der Waals surface area (Å²) in [5, 5.41) is 2.76. The number of halogens is 1. The van der Waals surface area contributed by atoms with Crippen molar-refractivity contribution >= 4 is 45.4 Å². The van der Waals surface area contributed by atoms with Crippen molar-refractivity contribution in [2.45, 2.75) is 100 Å². The maximum absolute atomic E-state index is 13.8. The van der Waals surface area contributed by atoms with Crippen molar-refractivity contribution in [3.05, 3.63) is 47.0 Å². The molecule has 5 aliphatic rings. The van der Waals surface area contributed by atoms with E-state index in [4.69, 9.17) is 16.3 Å². The SMILES string of the molecule is C=C[C@@H]1C[C@]1(NC(=O)[C@@H]1C[C@@H](OC(=O)N2Cc3cccc(Cl)c3C2)CN1C(=O)CC1CCCCC1)C(=O)NS(=O)(=O)C1CC1. The highest BCUT2D eigenvalue weighted by Crippen LogP contribution is 2.45. The van der Waals surface area contributed by atoms with Crippen LogP contribution in [-0.2, 0) is 42.2 Å². The minimum Gasteiger partial charge on any atom is -0.444 e. The predicted molar refractivity (Wildman–Crippen MR) is 162 cm³/mol. The summed E-state index contributed by atoms with van der Waals surface area (Å²) in [5.74, 6) is -1.79. The van der Waals surface area contributed by atoms with Gasteiger partial charge >= 0.3 is 6.09 Å². The van der Waals surface area contributed by atoms with E-state index in [-0.39, 0.29) is 31.2 Å². The summed E-state index contributed by atoms with van der Waals surface area (Å²) in [6.07, 6.45) is 6.95. The maximum atomic E-state index is 13.8. The number of benzene rings is 1. The number of hydrogen-bond acceptors (Lipinski definition) is 7. The van der Waals surface area contributed by atoms with Crippen LogP contribution in [0.2, 0.25) is 5.02 Å². The van der Waals surface area contributed by atoms with Gasteiger partial charge in [-0.3, -0.25) is 24.0 Å². The zero-order chi connectivity index (χ0) is 31.2. The topological polar surface area (TPSA) is 142 Å². The minimum absolute atomic E-state index is 0.0526. The van der Waals surface area contributed by atoms with Gasteiger partial charge in [0.05, 0.1) is 18.3 Å². The van der Waals surface area contributed by atoms with Crippen LogP contribution in [0.25, 0.3) is 0 Å². The standard InChI is InChI=1S/C31H39ClN4O7S/c1-2-21-15-31(21,29(39)34-44(41,42)23-11-12-23)33-28(38)26-14-22(17-36(26)27(37)13-19-7-4-3-5-8-19)43-30(40)35-16-20-9-6-10-25(32)24(20)18-35/h2,6,9-10,19,21-23,26H,1,3-5,7-8,11-18H2,(H,33,38)(H,34,39)/t21-,22-,26+,31-/m1/s1. The first-order chi connectivity index (χ1) is 21.0. The second kappa shape index (κ2) is 12.0. The van der Waals surface area contributed by atoms with Gasteiger partial charge in [0, 0.05) is 30.3 Å². The monoisotopic (exact) mass is 646 g/mol. The van der Waals surface area contributed by atoms with E-state index in [2.05, 4.69) is 16.6 Å². The molecule has 2 N–H and O–H groups in total. The lowest BCUT2D eigenvalue weighted by molar-refractivity contribution is -0.140. The Labute approximate surface area is 262 Å². The van der Waals surface area contributed by atoms with E-state index in [0.29, 0.717) is 37.4 Å². The van der Waals surface area contributed by atoms with Gasteiger partial charge in [0.25, 0.3) is 5.91 Å². The lowest BCUT2D eigenvalue weighted by atomic mass is 9.86. The van der Waals surface area contributed by atoms with Crippen LogP contribution in [0.3, 0.4) is 0 Å². The van der Waals surface area contributed by atoms with Gasteiger partial charge in [-0.25, -0.2) is 13.2 Å². The molecule has 4 atom stereocenters. The average Bonchev–Trinajstić information content (AvgIpc) is 3.88. The number of hydrogen-bond donors (Lipinski definition) is 2. The Hall–Kier alpha value is -3.12. The Morgan fingerprint density at radius 1 is 1.09 bits per heavy atom. The fourth-order valence-electron chi connectivity index (χ4n) is 6.91. The number of fused-ring (bicyclic) bond motifs is 1. The zero-order valence-electron chi connectivity index (χ0n) is 24.6. The molecule has 2 heterocycles. The van der Waals surface area contributed by atoms with Crippen LogP contribution in [-0.4, -0.2) is 71.5 Å². The summed E-state index contributed by atoms with van der Waals surface area (Å²) in [6.45, 7) is 4.45. The van der Waals surface area contributed by atoms with E-state index in [1.54, 1.807) is 6.07 Å². The highest BCUT2D eigenvalue weighted by atomic mass is 35.5. The third-order valence-electron chi connectivity index (χ3n) is 9.77. The molecule has 0 unspecified atom stereocenters. The molecular weight excluding hydrogens is 608 g/mol. The van der Waals surface area contributed by atoms with Crippen molar-refractivity contribution in [1.82, 2.24) is 19.8 Å². The number of sulfonamides is 1. The van der Waals surface area contributed by atoms with E-state index in [1.165, 1.54) is 15.9 Å². The van der Waals surface area contributed by atoms with Gasteiger partial charge in [-0.05, 0) is 55.2 Å². The zero-order valence-corrected chi connectivity index (χ0v) is 26.2. The Balaban J connectivity index is 1.16. The predicted octanol–water partition coefficient (Wildman–Crippen LogP) is 3.40. The second-order valence-electron chi connectivity index (χ2n) is 12.9. The van der Waals surface area contributed by atoms with Gasteiger partial charge in [0.15, 0.2) is 0 Å². The number of ether oxygens (including phenoxy) is 1. The molecule has 4 amide bonds. The van der Waals surface area contributed by atoms with Crippen molar-refractivity contribution in [3.63, 3.8) is 0 Å². The van der Waals surface area contributed by atoms with E-state index >= 15 is 0 Å². The van der Waals surface area contributed by atoms with Crippen LogP contribution in [0, 0.1) is 11.8 Å². The smallest absolute Gasteiger partial charge is 0.410 e. The van der Waals surface area contributed by atoms with Crippen molar-refractivity contribution in [2.24, 2.45) is 11.8 Å². The molecule has 0 radical (unpaired) electrons. The molecule has 4 fully saturated rings. The number of carbonyl (C=O) groups excluding carboxylic acids is 4. The maximum Gasteiger partial charge on any atom is 0.410 e. The number of nitrogens with one attached hydrogen (secondary N) is 2. The molecule has 3 aliphatic carbocycles. The fraction of sp³-hybridized carbons (Fsp3) is 0.613. The quantitative estimate of drug-likeness (QED) is 0.392. The lowest BCUT2D eigenvalue weighted by Gasteiger charge is -2.28. The van der Waals surface area contributed by atoms with Gasteiger partial charge in [0.2, 0.25) is 21.8 Å². The Morgan fingerprint density at radius 3 is 2.50 bits per heavy atom. The summed E-state index contributed by atoms with van der Waals surface area (Å²) in [4.78, 5) is 56.9. The molecule has 6 rings (SSSR count). The highest BCUT2D eigenvalue weighted by Gasteiger charge is 2.62. The molecule has 0 aromatic heterocycles. The second-order valence-corrected chi connectivity index (χ2v) is 15.3. The molecular formula is C31H39ClN4O7S. The average molecular weight is 647 g/mol. The van der Waals surface area contributed by atoms with Crippen LogP contribution in [0.4, 0.5) is 4.79 Å². The van der Waals surface area contributed by atoms with Crippen LogP contribution in [0.5, 0.6) is 0 Å². The Morgan fingerprint density at radius 2 is 1.84 bits per heavy atom. The van der Waals surface area contributed by atoms with E-state index < -0.39 is 56.8 Å². The Kier molecular flexibility index (Phi) is 8.42. The molecule has 11 nitrogen and oxygen atoms in total. The molecule has 1 aromatic carbocycles. The first kappa shape index (κ1) is 30.9. The summed E-state index contributed by atoms with van der Waals surface area (Å²) in [7, 11) is -3.83. The highest BCUT2D eigenvalue weighted by molar-refractivity contribution is 7.91. The molecule has 3 saturated carbocycles. The minimum atomic E-state index is -3.83. The van der Waals surface area contributed by atoms with Crippen LogP contribution in [0.1, 0.15) is 75.3 Å². The molecule has 13 heteroatoms. The van der Waals surface area contributed by atoms with E-state index in [1.807, 2.05) is 12.1 Å². The first-order valence-corrected chi connectivity index (χ1v) is 17.4. The number of likely N-dealkylation sites (tertiary alicyclic amines) is 1. The van der Waals surface area contributed by atoms with Crippen molar-refractivity contribution in [1.29, 1.82) is 0 Å². The van der Waals surface area contributed by atoms with Crippen LogP contribution in [0.15, 0.2) is 30.9 Å². The van der Waals surface area contributed by atoms with Crippen molar-refractivity contribution < 1.29 is 32.3 Å². The van der Waals surface area contributed by atoms with Crippen molar-refractivity contribution in [2.75, 3.05) is 6.54 Å². The molecule has 238 valence electrons. The molecule has 2 aliphatic heterocycles. The van der Waals surface area contributed by atoms with Crippen LogP contribution < -0.4 is 10.0 Å². The van der Waals surface area contributed by atoms with Gasteiger partial charge in [0.1, 0.15) is 17.7 Å². The fourth-order valence-corrected chi connectivity index (χ4v) is 8.53. The largest absolute Gasteiger partial charge is 0.444 e. The third-order valence-corrected chi connectivity index (χ3v) is 11.9. The third kappa shape index (κ3) is 6.20. The first-order valence-electron chi connectivity index (χ1n) is 15.5. The Bertz CT molecular complexity index is 1470. The lowest BCUT2D eigenvalue weighted by Crippen LogP contribution is -2.56. The normalized spacial score (nSPS) is 28.2. The van der Waals surface area contributed by atoms with Crippen LogP contribution >= 0.6 is 11.6 Å². The van der Waals surface area contributed by atoms with Crippen molar-refractivity contribution in [3.8, 4) is 0 Å². The number of amides is 4. The van der Waals surface area contributed by atoms with Gasteiger partial charge < -0.3 is 15.0 Å². The molecule has 1 saturated heterocycles.